The van der Waals surface area contributed by atoms with Gasteiger partial charge in [0.2, 0.25) is 0 Å². The van der Waals surface area contributed by atoms with Crippen molar-refractivity contribution in [1.29, 1.82) is 0 Å². The van der Waals surface area contributed by atoms with Crippen molar-refractivity contribution in [3.63, 3.8) is 0 Å². The lowest BCUT2D eigenvalue weighted by Crippen LogP contribution is -2.27. The lowest BCUT2D eigenvalue weighted by atomic mass is 10.0. The minimum Gasteiger partial charge on any atom is -0.496 e. The van der Waals surface area contributed by atoms with Crippen molar-refractivity contribution in [3.8, 4) is 5.75 Å². The Balaban J connectivity index is 2.25. The molecule has 0 saturated carbocycles. The molecule has 1 atom stereocenters. The number of amides is 1. The predicted octanol–water partition coefficient (Wildman–Crippen LogP) is 4.40. The topological polar surface area (TPSA) is 38.3 Å². The van der Waals surface area contributed by atoms with E-state index in [1.165, 1.54) is 18.2 Å². The highest BCUT2D eigenvalue weighted by atomic mass is 79.9. The molecule has 0 radical (unpaired) electrons. The molecule has 2 aromatic carbocycles. The highest BCUT2D eigenvalue weighted by molar-refractivity contribution is 9.10. The van der Waals surface area contributed by atoms with Crippen LogP contribution in [0.5, 0.6) is 5.75 Å². The number of hydrogen-bond donors (Lipinski definition) is 1. The molecule has 1 unspecified atom stereocenters. The number of rotatable bonds is 4. The number of methoxy groups -OCH3 is 1. The summed E-state index contributed by atoms with van der Waals surface area (Å²) >= 11 is 3.26. The van der Waals surface area contributed by atoms with E-state index in [-0.39, 0.29) is 17.5 Å². The largest absolute Gasteiger partial charge is 0.496 e. The van der Waals surface area contributed by atoms with Crippen molar-refractivity contribution < 1.29 is 13.9 Å². The van der Waals surface area contributed by atoms with E-state index in [0.29, 0.717) is 10.2 Å². The van der Waals surface area contributed by atoms with Crippen LogP contribution in [0.15, 0.2) is 40.9 Å². The van der Waals surface area contributed by atoms with Gasteiger partial charge in [-0.25, -0.2) is 4.39 Å². The van der Waals surface area contributed by atoms with E-state index in [4.69, 9.17) is 4.74 Å². The maximum absolute atomic E-state index is 13.3. The third-order valence-corrected chi connectivity index (χ3v) is 4.06. The summed E-state index contributed by atoms with van der Waals surface area (Å²) in [6.45, 7) is 3.84. The van der Waals surface area contributed by atoms with Crippen LogP contribution in [-0.2, 0) is 0 Å². The van der Waals surface area contributed by atoms with E-state index in [9.17, 15) is 9.18 Å². The molecule has 0 spiro atoms. The fourth-order valence-electron chi connectivity index (χ4n) is 2.22. The molecule has 0 fully saturated rings. The Morgan fingerprint density at radius 2 is 2.00 bits per heavy atom. The van der Waals surface area contributed by atoms with Crippen LogP contribution >= 0.6 is 15.9 Å². The Kier molecular flexibility index (Phi) is 5.19. The highest BCUT2D eigenvalue weighted by Gasteiger charge is 2.17. The molecule has 0 aliphatic rings. The van der Waals surface area contributed by atoms with Gasteiger partial charge in [0.25, 0.3) is 5.91 Å². The summed E-state index contributed by atoms with van der Waals surface area (Å²) in [6.07, 6.45) is 0. The molecule has 0 aromatic heterocycles. The molecule has 1 N–H and O–H groups in total. The van der Waals surface area contributed by atoms with Crippen LogP contribution < -0.4 is 10.1 Å². The summed E-state index contributed by atoms with van der Waals surface area (Å²) in [4.78, 5) is 12.3. The van der Waals surface area contributed by atoms with Gasteiger partial charge < -0.3 is 10.1 Å². The van der Waals surface area contributed by atoms with E-state index in [1.807, 2.05) is 32.0 Å². The van der Waals surface area contributed by atoms with Gasteiger partial charge in [0.15, 0.2) is 0 Å². The van der Waals surface area contributed by atoms with Gasteiger partial charge in [0.1, 0.15) is 11.6 Å². The van der Waals surface area contributed by atoms with Gasteiger partial charge >= 0.3 is 0 Å². The van der Waals surface area contributed by atoms with Crippen molar-refractivity contribution in [1.82, 2.24) is 5.32 Å². The summed E-state index contributed by atoms with van der Waals surface area (Å²) in [7, 11) is 1.59. The van der Waals surface area contributed by atoms with E-state index in [2.05, 4.69) is 21.2 Å². The molecule has 0 aliphatic heterocycles. The van der Waals surface area contributed by atoms with Crippen molar-refractivity contribution in [2.45, 2.75) is 19.9 Å². The SMILES string of the molecule is COc1ccc(C)cc1C(C)NC(=O)c1cc(F)ccc1Br. The van der Waals surface area contributed by atoms with Crippen LogP contribution in [0.2, 0.25) is 0 Å². The van der Waals surface area contributed by atoms with Gasteiger partial charge in [-0.3, -0.25) is 4.79 Å². The smallest absolute Gasteiger partial charge is 0.253 e. The van der Waals surface area contributed by atoms with Crippen molar-refractivity contribution >= 4 is 21.8 Å². The van der Waals surface area contributed by atoms with E-state index >= 15 is 0 Å². The average molecular weight is 366 g/mol. The van der Waals surface area contributed by atoms with Crippen LogP contribution in [0.25, 0.3) is 0 Å². The number of ether oxygens (including phenoxy) is 1. The number of carbonyl (C=O) groups excluding carboxylic acids is 1. The molecule has 1 amide bonds. The Morgan fingerprint density at radius 3 is 2.68 bits per heavy atom. The van der Waals surface area contributed by atoms with Crippen LogP contribution in [-0.4, -0.2) is 13.0 Å². The Labute approximate surface area is 137 Å². The molecule has 2 aromatic rings. The summed E-state index contributed by atoms with van der Waals surface area (Å²) in [5.41, 5.74) is 2.21. The minimum absolute atomic E-state index is 0.262. The average Bonchev–Trinajstić information content (AvgIpc) is 2.49. The highest BCUT2D eigenvalue weighted by Crippen LogP contribution is 2.27. The third kappa shape index (κ3) is 3.65. The lowest BCUT2D eigenvalue weighted by molar-refractivity contribution is 0.0938. The summed E-state index contributed by atoms with van der Waals surface area (Å²) < 4.78 is 19.2. The van der Waals surface area contributed by atoms with Crippen molar-refractivity contribution in [2.24, 2.45) is 0 Å². The Bertz CT molecular complexity index is 703. The fraction of sp³-hybridized carbons (Fsp3) is 0.235. The molecule has 0 heterocycles. The number of hydrogen-bond acceptors (Lipinski definition) is 2. The van der Waals surface area contributed by atoms with Crippen molar-refractivity contribution in [2.75, 3.05) is 7.11 Å². The number of halogens is 2. The van der Waals surface area contributed by atoms with Crippen LogP contribution in [0.1, 0.15) is 34.5 Å². The van der Waals surface area contributed by atoms with E-state index in [1.54, 1.807) is 7.11 Å². The van der Waals surface area contributed by atoms with E-state index in [0.717, 1.165) is 11.1 Å². The number of carbonyl (C=O) groups is 1. The monoisotopic (exact) mass is 365 g/mol. The van der Waals surface area contributed by atoms with Gasteiger partial charge in [-0.15, -0.1) is 0 Å². The van der Waals surface area contributed by atoms with Gasteiger partial charge in [-0.05, 0) is 54.0 Å². The number of benzene rings is 2. The second-order valence-corrected chi connectivity index (χ2v) is 5.92. The summed E-state index contributed by atoms with van der Waals surface area (Å²) in [6, 6.07) is 9.53. The fourth-order valence-corrected chi connectivity index (χ4v) is 2.64. The first-order chi connectivity index (χ1) is 10.4. The standard InChI is InChI=1S/C17H17BrFNO2/c1-10-4-7-16(22-3)13(8-10)11(2)20-17(21)14-9-12(19)5-6-15(14)18/h4-9,11H,1-3H3,(H,20,21). The first-order valence-electron chi connectivity index (χ1n) is 6.83. The second-order valence-electron chi connectivity index (χ2n) is 5.06. The molecule has 3 nitrogen and oxygen atoms in total. The zero-order valence-corrected chi connectivity index (χ0v) is 14.2. The van der Waals surface area contributed by atoms with E-state index < -0.39 is 5.82 Å². The lowest BCUT2D eigenvalue weighted by Gasteiger charge is -2.18. The van der Waals surface area contributed by atoms with Crippen LogP contribution in [0.3, 0.4) is 0 Å². The molecule has 5 heteroatoms. The summed E-state index contributed by atoms with van der Waals surface area (Å²) in [5, 5.41) is 2.87. The zero-order valence-electron chi connectivity index (χ0n) is 12.6. The maximum Gasteiger partial charge on any atom is 0.253 e. The predicted molar refractivity (Wildman–Crippen MR) is 87.7 cm³/mol. The minimum atomic E-state index is -0.450. The molecule has 116 valence electrons. The van der Waals surface area contributed by atoms with Crippen LogP contribution in [0.4, 0.5) is 4.39 Å². The molecular weight excluding hydrogens is 349 g/mol. The van der Waals surface area contributed by atoms with Crippen molar-refractivity contribution in [3.05, 3.63) is 63.4 Å². The second kappa shape index (κ2) is 6.92. The number of aryl methyl sites for hydroxylation is 1. The molecular formula is C17H17BrFNO2. The number of nitrogens with one attached hydrogen (secondary N) is 1. The normalized spacial score (nSPS) is 11.9. The van der Waals surface area contributed by atoms with Gasteiger partial charge in [0.05, 0.1) is 18.7 Å². The van der Waals surface area contributed by atoms with Gasteiger partial charge in [-0.1, -0.05) is 17.7 Å². The first kappa shape index (κ1) is 16.5. The van der Waals surface area contributed by atoms with Gasteiger partial charge in [0, 0.05) is 10.0 Å². The Morgan fingerprint density at radius 1 is 1.27 bits per heavy atom. The summed E-state index contributed by atoms with van der Waals surface area (Å²) in [5.74, 6) is -0.0896. The van der Waals surface area contributed by atoms with Gasteiger partial charge in [-0.2, -0.15) is 0 Å². The molecule has 0 saturated heterocycles. The Hall–Kier alpha value is -1.88. The third-order valence-electron chi connectivity index (χ3n) is 3.37. The molecule has 0 aliphatic carbocycles. The van der Waals surface area contributed by atoms with Crippen LogP contribution in [0, 0.1) is 12.7 Å². The quantitative estimate of drug-likeness (QED) is 0.871. The molecule has 22 heavy (non-hydrogen) atoms. The molecule has 0 bridgehead atoms. The molecule has 2 rings (SSSR count). The zero-order chi connectivity index (χ0) is 16.3. The maximum atomic E-state index is 13.3. The first-order valence-corrected chi connectivity index (χ1v) is 7.62.